The second-order valence-electron chi connectivity index (χ2n) is 6.30. The van der Waals surface area contributed by atoms with Gasteiger partial charge >= 0.3 is 6.09 Å². The zero-order chi connectivity index (χ0) is 15.5. The number of likely N-dealkylation sites (tertiary alicyclic amines) is 1. The van der Waals surface area contributed by atoms with E-state index in [0.29, 0.717) is 18.8 Å². The number of aromatic nitrogens is 1. The number of ketones is 1. The van der Waals surface area contributed by atoms with Gasteiger partial charge in [0.25, 0.3) is 0 Å². The maximum atomic E-state index is 11.9. The average Bonchev–Trinajstić information content (AvgIpc) is 3.05. The summed E-state index contributed by atoms with van der Waals surface area (Å²) in [7, 11) is 0. The number of amides is 1. The van der Waals surface area contributed by atoms with Crippen LogP contribution in [0.3, 0.4) is 0 Å². The first-order chi connectivity index (χ1) is 9.85. The number of nitrogens with one attached hydrogen (secondary N) is 2. The number of nitrogens with zero attached hydrogens (tertiary/aromatic N) is 1. The van der Waals surface area contributed by atoms with Crippen LogP contribution >= 0.6 is 0 Å². The highest BCUT2D eigenvalue weighted by Crippen LogP contribution is 2.15. The maximum absolute atomic E-state index is 11.9. The summed E-state index contributed by atoms with van der Waals surface area (Å²) >= 11 is 0. The van der Waals surface area contributed by atoms with Crippen molar-refractivity contribution in [2.45, 2.75) is 38.8 Å². The number of hydrogen-bond donors (Lipinski definition) is 2. The molecule has 1 amide bonds. The molecule has 1 aliphatic rings. The highest BCUT2D eigenvalue weighted by molar-refractivity contribution is 5.95. The van der Waals surface area contributed by atoms with Crippen LogP contribution in [0.1, 0.15) is 37.7 Å². The Morgan fingerprint density at radius 1 is 1.48 bits per heavy atom. The highest BCUT2D eigenvalue weighted by Gasteiger charge is 2.29. The van der Waals surface area contributed by atoms with E-state index < -0.39 is 5.60 Å². The molecule has 1 aromatic heterocycles. The van der Waals surface area contributed by atoms with Gasteiger partial charge in [-0.3, -0.25) is 4.79 Å². The Labute approximate surface area is 124 Å². The van der Waals surface area contributed by atoms with E-state index in [-0.39, 0.29) is 24.5 Å². The molecule has 0 bridgehead atoms. The Morgan fingerprint density at radius 2 is 2.24 bits per heavy atom. The van der Waals surface area contributed by atoms with Gasteiger partial charge < -0.3 is 19.9 Å². The topological polar surface area (TPSA) is 74.4 Å². The van der Waals surface area contributed by atoms with Crippen molar-refractivity contribution in [1.29, 1.82) is 0 Å². The van der Waals surface area contributed by atoms with Crippen molar-refractivity contribution in [3.8, 4) is 0 Å². The molecule has 0 aromatic carbocycles. The molecule has 0 unspecified atom stereocenters. The van der Waals surface area contributed by atoms with Crippen molar-refractivity contribution >= 4 is 11.9 Å². The number of aromatic amines is 1. The van der Waals surface area contributed by atoms with Crippen LogP contribution in [0, 0.1) is 0 Å². The Bertz CT molecular complexity index is 491. The van der Waals surface area contributed by atoms with Crippen LogP contribution in [0.4, 0.5) is 4.79 Å². The Kier molecular flexibility index (Phi) is 4.67. The number of H-pyrrole nitrogens is 1. The zero-order valence-corrected chi connectivity index (χ0v) is 12.8. The van der Waals surface area contributed by atoms with E-state index in [1.54, 1.807) is 23.2 Å². The van der Waals surface area contributed by atoms with Gasteiger partial charge in [-0.25, -0.2) is 4.79 Å². The minimum absolute atomic E-state index is 0.0238. The third-order valence-electron chi connectivity index (χ3n) is 3.29. The minimum Gasteiger partial charge on any atom is -0.444 e. The van der Waals surface area contributed by atoms with Crippen molar-refractivity contribution in [1.82, 2.24) is 15.2 Å². The van der Waals surface area contributed by atoms with Gasteiger partial charge in [0.1, 0.15) is 5.60 Å². The van der Waals surface area contributed by atoms with Gasteiger partial charge in [0.05, 0.1) is 12.2 Å². The molecular weight excluding hydrogens is 270 g/mol. The van der Waals surface area contributed by atoms with Gasteiger partial charge in [0.15, 0.2) is 5.78 Å². The molecule has 2 heterocycles. The molecule has 116 valence electrons. The molecule has 6 heteroatoms. The highest BCUT2D eigenvalue weighted by atomic mass is 16.6. The van der Waals surface area contributed by atoms with E-state index in [2.05, 4.69) is 10.3 Å². The SMILES string of the molecule is CC(C)(C)OC(=O)N1CC[C@H](NCC(=O)c2ccc[nH]2)C1. The Balaban J connectivity index is 1.75. The largest absolute Gasteiger partial charge is 0.444 e. The molecule has 0 radical (unpaired) electrons. The number of carbonyl (C=O) groups excluding carboxylic acids is 2. The maximum Gasteiger partial charge on any atom is 0.410 e. The summed E-state index contributed by atoms with van der Waals surface area (Å²) in [5.74, 6) is 0.0238. The lowest BCUT2D eigenvalue weighted by molar-refractivity contribution is 0.0291. The fourth-order valence-corrected chi connectivity index (χ4v) is 2.26. The smallest absolute Gasteiger partial charge is 0.410 e. The van der Waals surface area contributed by atoms with Crippen LogP contribution in [0.5, 0.6) is 0 Å². The van der Waals surface area contributed by atoms with Gasteiger partial charge in [0.2, 0.25) is 0 Å². The average molecular weight is 293 g/mol. The molecule has 1 aliphatic heterocycles. The van der Waals surface area contributed by atoms with Gasteiger partial charge in [-0.2, -0.15) is 0 Å². The predicted molar refractivity (Wildman–Crippen MR) is 79.3 cm³/mol. The molecule has 2 rings (SSSR count). The molecule has 21 heavy (non-hydrogen) atoms. The summed E-state index contributed by atoms with van der Waals surface area (Å²) in [6.45, 7) is 7.06. The summed E-state index contributed by atoms with van der Waals surface area (Å²) in [5.41, 5.74) is 0.121. The third-order valence-corrected chi connectivity index (χ3v) is 3.29. The lowest BCUT2D eigenvalue weighted by atomic mass is 10.2. The Morgan fingerprint density at radius 3 is 2.86 bits per heavy atom. The van der Waals surface area contributed by atoms with Gasteiger partial charge in [-0.05, 0) is 39.3 Å². The first-order valence-electron chi connectivity index (χ1n) is 7.23. The number of ether oxygens (including phenoxy) is 1. The van der Waals surface area contributed by atoms with Crippen LogP contribution in [0.25, 0.3) is 0 Å². The van der Waals surface area contributed by atoms with Gasteiger partial charge in [0, 0.05) is 25.3 Å². The molecule has 0 saturated carbocycles. The number of hydrogen-bond acceptors (Lipinski definition) is 4. The number of carbonyl (C=O) groups is 2. The standard InChI is InChI=1S/C15H23N3O3/c1-15(2,3)21-14(20)18-8-6-11(10-18)17-9-13(19)12-5-4-7-16-12/h4-5,7,11,16-17H,6,8-10H2,1-3H3/t11-/m0/s1. The van der Waals surface area contributed by atoms with Gasteiger partial charge in [-0.15, -0.1) is 0 Å². The second kappa shape index (κ2) is 6.30. The van der Waals surface area contributed by atoms with Crippen LogP contribution < -0.4 is 5.32 Å². The summed E-state index contributed by atoms with van der Waals surface area (Å²) in [6, 6.07) is 3.69. The van der Waals surface area contributed by atoms with Crippen LogP contribution in [-0.2, 0) is 4.74 Å². The normalized spacial score (nSPS) is 18.8. The molecule has 2 N–H and O–H groups in total. The third kappa shape index (κ3) is 4.60. The summed E-state index contributed by atoms with van der Waals surface area (Å²) in [6.07, 6.45) is 2.27. The van der Waals surface area contributed by atoms with Crippen LogP contribution in [0.15, 0.2) is 18.3 Å². The van der Waals surface area contributed by atoms with Crippen molar-refractivity contribution in [3.63, 3.8) is 0 Å². The summed E-state index contributed by atoms with van der Waals surface area (Å²) < 4.78 is 5.34. The molecule has 1 saturated heterocycles. The van der Waals surface area contributed by atoms with E-state index in [1.807, 2.05) is 20.8 Å². The molecule has 6 nitrogen and oxygen atoms in total. The van der Waals surface area contributed by atoms with Crippen molar-refractivity contribution in [2.24, 2.45) is 0 Å². The first kappa shape index (κ1) is 15.6. The van der Waals surface area contributed by atoms with E-state index in [0.717, 1.165) is 6.42 Å². The lowest BCUT2D eigenvalue weighted by Crippen LogP contribution is -2.39. The zero-order valence-electron chi connectivity index (χ0n) is 12.8. The molecule has 1 atom stereocenters. The lowest BCUT2D eigenvalue weighted by Gasteiger charge is -2.24. The summed E-state index contributed by atoms with van der Waals surface area (Å²) in [4.78, 5) is 28.4. The van der Waals surface area contributed by atoms with Gasteiger partial charge in [-0.1, -0.05) is 0 Å². The fourth-order valence-electron chi connectivity index (χ4n) is 2.26. The number of rotatable bonds is 4. The minimum atomic E-state index is -0.480. The van der Waals surface area contributed by atoms with E-state index in [1.165, 1.54) is 0 Å². The summed E-state index contributed by atoms with van der Waals surface area (Å²) in [5, 5.41) is 3.20. The molecule has 1 fully saturated rings. The second-order valence-corrected chi connectivity index (χ2v) is 6.30. The van der Waals surface area contributed by atoms with Crippen LogP contribution in [0.2, 0.25) is 0 Å². The fraction of sp³-hybridized carbons (Fsp3) is 0.600. The quantitative estimate of drug-likeness (QED) is 0.830. The van der Waals surface area contributed by atoms with Crippen molar-refractivity contribution in [2.75, 3.05) is 19.6 Å². The van der Waals surface area contributed by atoms with E-state index in [9.17, 15) is 9.59 Å². The molecular formula is C15H23N3O3. The van der Waals surface area contributed by atoms with Crippen LogP contribution in [-0.4, -0.2) is 53.0 Å². The van der Waals surface area contributed by atoms with Crippen molar-refractivity contribution < 1.29 is 14.3 Å². The van der Waals surface area contributed by atoms with E-state index >= 15 is 0 Å². The van der Waals surface area contributed by atoms with E-state index in [4.69, 9.17) is 4.74 Å². The predicted octanol–water partition coefficient (Wildman–Crippen LogP) is 1.80. The van der Waals surface area contributed by atoms with Crippen molar-refractivity contribution in [3.05, 3.63) is 24.0 Å². The molecule has 0 spiro atoms. The Hall–Kier alpha value is -1.82. The number of Topliss-reactive ketones (excluding diaryl/α,β-unsaturated/α-hetero) is 1. The molecule has 1 aromatic rings. The monoisotopic (exact) mass is 293 g/mol. The first-order valence-corrected chi connectivity index (χ1v) is 7.23. The molecule has 0 aliphatic carbocycles.